The first-order valence-electron chi connectivity index (χ1n) is 9.38. The molecule has 4 aromatic rings. The zero-order valence-corrected chi connectivity index (χ0v) is 18.4. The van der Waals surface area contributed by atoms with Gasteiger partial charge in [0.05, 0.1) is 32.9 Å². The molecule has 0 saturated carbocycles. The number of hydrogen-bond acceptors (Lipinski definition) is 7. The fourth-order valence-electron chi connectivity index (χ4n) is 3.10. The Balaban J connectivity index is 1.56. The molecular formula is C21H19N5O3S2. The Kier molecular flexibility index (Phi) is 5.77. The molecule has 2 aromatic carbocycles. The molecule has 0 unspecified atom stereocenters. The van der Waals surface area contributed by atoms with Crippen LogP contribution in [0.25, 0.3) is 11.0 Å². The summed E-state index contributed by atoms with van der Waals surface area (Å²) in [5.41, 5.74) is 3.96. The third-order valence-corrected chi connectivity index (χ3v) is 7.06. The number of hydrogen-bond donors (Lipinski definition) is 2. The molecule has 0 aliphatic rings. The molecule has 31 heavy (non-hydrogen) atoms. The first-order chi connectivity index (χ1) is 14.9. The highest BCUT2D eigenvalue weighted by Crippen LogP contribution is 2.24. The summed E-state index contributed by atoms with van der Waals surface area (Å²) in [6, 6.07) is 13.6. The number of fused-ring (bicyclic) bond motifs is 1. The van der Waals surface area contributed by atoms with Crippen LogP contribution in [0.15, 0.2) is 59.6 Å². The topological polar surface area (TPSA) is 114 Å². The van der Waals surface area contributed by atoms with Crippen LogP contribution in [0.4, 0.5) is 5.69 Å². The normalized spacial score (nSPS) is 11.5. The molecule has 2 heterocycles. The number of anilines is 1. The molecule has 10 heteroatoms. The van der Waals surface area contributed by atoms with Gasteiger partial charge in [0.15, 0.2) is 0 Å². The van der Waals surface area contributed by atoms with Crippen LogP contribution < -0.4 is 10.0 Å². The van der Waals surface area contributed by atoms with Crippen molar-refractivity contribution < 1.29 is 13.2 Å². The van der Waals surface area contributed by atoms with Gasteiger partial charge in [-0.15, -0.1) is 0 Å². The van der Waals surface area contributed by atoms with Crippen molar-refractivity contribution in [1.29, 1.82) is 0 Å². The maximum Gasteiger partial charge on any atom is 0.258 e. The molecule has 2 N–H and O–H groups in total. The Labute approximate surface area is 183 Å². The summed E-state index contributed by atoms with van der Waals surface area (Å²) in [5, 5.41) is 2.81. The highest BCUT2D eigenvalue weighted by molar-refractivity contribution is 7.89. The number of sulfonamides is 1. The van der Waals surface area contributed by atoms with Gasteiger partial charge in [-0.1, -0.05) is 12.1 Å². The number of para-hydroxylation sites is 2. The Morgan fingerprint density at radius 3 is 2.48 bits per heavy atom. The summed E-state index contributed by atoms with van der Waals surface area (Å²) in [6.45, 7) is 1.78. The molecule has 0 saturated heterocycles. The molecule has 0 atom stereocenters. The fourth-order valence-corrected chi connectivity index (χ4v) is 4.71. The van der Waals surface area contributed by atoms with E-state index in [0.29, 0.717) is 23.4 Å². The van der Waals surface area contributed by atoms with Gasteiger partial charge in [0, 0.05) is 23.2 Å². The smallest absolute Gasteiger partial charge is 0.258 e. The van der Waals surface area contributed by atoms with Crippen molar-refractivity contribution in [3.63, 3.8) is 0 Å². The van der Waals surface area contributed by atoms with Crippen LogP contribution in [-0.2, 0) is 16.4 Å². The second kappa shape index (κ2) is 8.50. The second-order valence-corrected chi connectivity index (χ2v) is 9.52. The van der Waals surface area contributed by atoms with Crippen molar-refractivity contribution in [1.82, 2.24) is 19.1 Å². The number of nitrogens with one attached hydrogen (secondary N) is 2. The van der Waals surface area contributed by atoms with Crippen LogP contribution in [0.5, 0.6) is 0 Å². The van der Waals surface area contributed by atoms with E-state index in [9.17, 15) is 13.2 Å². The highest BCUT2D eigenvalue weighted by atomic mass is 32.2. The average Bonchev–Trinajstić information content (AvgIpc) is 3.14. The summed E-state index contributed by atoms with van der Waals surface area (Å²) in [6.07, 6.45) is 2.14. The van der Waals surface area contributed by atoms with E-state index in [2.05, 4.69) is 24.4 Å². The third-order valence-electron chi connectivity index (χ3n) is 4.69. The number of carbonyl (C=O) groups excluding carboxylic acids is 1. The van der Waals surface area contributed by atoms with E-state index in [4.69, 9.17) is 0 Å². The highest BCUT2D eigenvalue weighted by Gasteiger charge is 2.20. The van der Waals surface area contributed by atoms with Crippen LogP contribution in [0.2, 0.25) is 0 Å². The number of rotatable bonds is 6. The summed E-state index contributed by atoms with van der Waals surface area (Å²) in [4.78, 5) is 22.9. The summed E-state index contributed by atoms with van der Waals surface area (Å²) >= 11 is 1.26. The molecule has 4 rings (SSSR count). The van der Waals surface area contributed by atoms with E-state index in [-0.39, 0.29) is 10.8 Å². The maximum absolute atomic E-state index is 12.9. The van der Waals surface area contributed by atoms with E-state index in [0.717, 1.165) is 21.6 Å². The van der Waals surface area contributed by atoms with Crippen LogP contribution in [-0.4, -0.2) is 35.7 Å². The molecule has 0 fully saturated rings. The lowest BCUT2D eigenvalue weighted by atomic mass is 10.1. The lowest BCUT2D eigenvalue weighted by molar-refractivity contribution is 0.102. The molecule has 0 radical (unpaired) electrons. The van der Waals surface area contributed by atoms with Crippen molar-refractivity contribution in [3.05, 3.63) is 76.6 Å². The number of carbonyl (C=O) groups is 1. The molecule has 0 bridgehead atoms. The fraction of sp³-hybridized carbons (Fsp3) is 0.143. The monoisotopic (exact) mass is 453 g/mol. The predicted octanol–water partition coefficient (Wildman–Crippen LogP) is 3.15. The standard InChI is InChI=1S/C21H19N5O3S2/c1-13-20(21(27)25-14-7-9-16(10-8-14)31(28,29)22-2)19(30-26-13)11-15-12-23-17-5-3-4-6-18(17)24-15/h3-10,12,22H,11H2,1-2H3,(H,25,27). The van der Waals surface area contributed by atoms with Crippen molar-refractivity contribution in [3.8, 4) is 0 Å². The molecule has 2 aromatic heterocycles. The molecule has 0 aliphatic carbocycles. The summed E-state index contributed by atoms with van der Waals surface area (Å²) in [5.74, 6) is -0.306. The number of aromatic nitrogens is 3. The molecule has 0 spiro atoms. The summed E-state index contributed by atoms with van der Waals surface area (Å²) < 4.78 is 30.3. The predicted molar refractivity (Wildman–Crippen MR) is 120 cm³/mol. The Morgan fingerprint density at radius 1 is 1.06 bits per heavy atom. The minimum absolute atomic E-state index is 0.122. The number of nitrogens with zero attached hydrogens (tertiary/aromatic N) is 3. The summed E-state index contributed by atoms with van der Waals surface area (Å²) in [7, 11) is -2.19. The van der Waals surface area contributed by atoms with Crippen molar-refractivity contribution >= 4 is 44.2 Å². The van der Waals surface area contributed by atoms with Gasteiger partial charge in [-0.3, -0.25) is 9.78 Å². The first kappa shape index (κ1) is 21.0. The maximum atomic E-state index is 12.9. The van der Waals surface area contributed by atoms with E-state index in [1.807, 2.05) is 24.3 Å². The Hall–Kier alpha value is -3.21. The van der Waals surface area contributed by atoms with Gasteiger partial charge in [0.1, 0.15) is 0 Å². The van der Waals surface area contributed by atoms with Crippen LogP contribution in [0.3, 0.4) is 0 Å². The molecule has 158 valence electrons. The average molecular weight is 454 g/mol. The van der Waals surface area contributed by atoms with E-state index < -0.39 is 10.0 Å². The number of benzene rings is 2. The first-order valence-corrected chi connectivity index (χ1v) is 11.6. The molecular weight excluding hydrogens is 434 g/mol. The van der Waals surface area contributed by atoms with Gasteiger partial charge >= 0.3 is 0 Å². The lowest BCUT2D eigenvalue weighted by Crippen LogP contribution is -2.18. The van der Waals surface area contributed by atoms with Crippen LogP contribution in [0, 0.1) is 6.92 Å². The minimum Gasteiger partial charge on any atom is -0.322 e. The molecule has 0 aliphatic heterocycles. The lowest BCUT2D eigenvalue weighted by Gasteiger charge is -2.08. The van der Waals surface area contributed by atoms with Gasteiger partial charge in [-0.25, -0.2) is 18.1 Å². The van der Waals surface area contributed by atoms with Gasteiger partial charge in [-0.2, -0.15) is 4.37 Å². The van der Waals surface area contributed by atoms with Crippen molar-refractivity contribution in [2.24, 2.45) is 0 Å². The largest absolute Gasteiger partial charge is 0.322 e. The third kappa shape index (κ3) is 4.46. The molecule has 1 amide bonds. The van der Waals surface area contributed by atoms with Gasteiger partial charge in [0.25, 0.3) is 5.91 Å². The zero-order valence-electron chi connectivity index (χ0n) is 16.8. The number of aryl methyl sites for hydroxylation is 1. The zero-order chi connectivity index (χ0) is 22.0. The number of amides is 1. The molecule has 8 nitrogen and oxygen atoms in total. The quantitative estimate of drug-likeness (QED) is 0.464. The van der Waals surface area contributed by atoms with E-state index in [1.54, 1.807) is 25.3 Å². The van der Waals surface area contributed by atoms with Crippen molar-refractivity contribution in [2.45, 2.75) is 18.2 Å². The second-order valence-electron chi connectivity index (χ2n) is 6.78. The van der Waals surface area contributed by atoms with Crippen LogP contribution >= 0.6 is 11.5 Å². The Morgan fingerprint density at radius 2 is 1.77 bits per heavy atom. The van der Waals surface area contributed by atoms with Gasteiger partial charge in [-0.05, 0) is 61.9 Å². The van der Waals surface area contributed by atoms with E-state index in [1.165, 1.54) is 30.7 Å². The van der Waals surface area contributed by atoms with Crippen LogP contribution in [0.1, 0.15) is 26.6 Å². The Bertz CT molecular complexity index is 1370. The minimum atomic E-state index is -3.53. The van der Waals surface area contributed by atoms with Gasteiger partial charge < -0.3 is 5.32 Å². The van der Waals surface area contributed by atoms with E-state index >= 15 is 0 Å². The SMILES string of the molecule is CNS(=O)(=O)c1ccc(NC(=O)c2c(C)nsc2Cc2cnc3ccccc3n2)cc1. The van der Waals surface area contributed by atoms with Gasteiger partial charge in [0.2, 0.25) is 10.0 Å². The van der Waals surface area contributed by atoms with Crippen molar-refractivity contribution in [2.75, 3.05) is 12.4 Å².